The van der Waals surface area contributed by atoms with Crippen LogP contribution < -0.4 is 5.32 Å². The third-order valence-corrected chi connectivity index (χ3v) is 3.62. The lowest BCUT2D eigenvalue weighted by Crippen LogP contribution is -2.24. The predicted molar refractivity (Wildman–Crippen MR) is 68.9 cm³/mol. The number of nitrogens with zero attached hydrogens (tertiary/aromatic N) is 1. The molecule has 0 aliphatic heterocycles. The molecule has 0 amide bonds. The second-order valence-electron chi connectivity index (χ2n) is 5.27. The zero-order valence-electron chi connectivity index (χ0n) is 10.8. The standard InChI is InChI=1S/C14H22N2O/c1-3-6-14(7-8-14)10-15-9-12-13(17)5-4-11(2)16-12/h4-5,15,17H,3,6-10H2,1-2H3. The number of nitrogens with one attached hydrogen (secondary N) is 1. The van der Waals surface area contributed by atoms with Gasteiger partial charge in [0.25, 0.3) is 0 Å². The van der Waals surface area contributed by atoms with E-state index < -0.39 is 0 Å². The zero-order chi connectivity index (χ0) is 12.3. The molecule has 1 aliphatic rings. The van der Waals surface area contributed by atoms with Crippen LogP contribution in [0.5, 0.6) is 5.75 Å². The molecular weight excluding hydrogens is 212 g/mol. The first-order valence-corrected chi connectivity index (χ1v) is 6.51. The first-order valence-electron chi connectivity index (χ1n) is 6.51. The lowest BCUT2D eigenvalue weighted by atomic mass is 10.0. The van der Waals surface area contributed by atoms with Crippen LogP contribution in [-0.2, 0) is 6.54 Å². The van der Waals surface area contributed by atoms with Gasteiger partial charge in [-0.3, -0.25) is 4.98 Å². The maximum atomic E-state index is 9.68. The fourth-order valence-electron chi connectivity index (χ4n) is 2.40. The van der Waals surface area contributed by atoms with E-state index in [4.69, 9.17) is 0 Å². The smallest absolute Gasteiger partial charge is 0.138 e. The van der Waals surface area contributed by atoms with Gasteiger partial charge in [-0.15, -0.1) is 0 Å². The molecule has 0 spiro atoms. The van der Waals surface area contributed by atoms with E-state index in [9.17, 15) is 5.11 Å². The fourth-order valence-corrected chi connectivity index (χ4v) is 2.40. The van der Waals surface area contributed by atoms with Crippen molar-refractivity contribution >= 4 is 0 Å². The lowest BCUT2D eigenvalue weighted by Gasteiger charge is -2.15. The average Bonchev–Trinajstić information content (AvgIpc) is 3.04. The summed E-state index contributed by atoms with van der Waals surface area (Å²) in [5, 5.41) is 13.1. The van der Waals surface area contributed by atoms with Gasteiger partial charge in [0, 0.05) is 18.8 Å². The van der Waals surface area contributed by atoms with Gasteiger partial charge in [-0.1, -0.05) is 13.3 Å². The van der Waals surface area contributed by atoms with E-state index in [0.717, 1.165) is 17.9 Å². The largest absolute Gasteiger partial charge is 0.506 e. The second-order valence-corrected chi connectivity index (χ2v) is 5.27. The highest BCUT2D eigenvalue weighted by Crippen LogP contribution is 2.48. The Kier molecular flexibility index (Phi) is 3.67. The third kappa shape index (κ3) is 3.19. The van der Waals surface area contributed by atoms with Gasteiger partial charge in [0.1, 0.15) is 5.75 Å². The Morgan fingerprint density at radius 3 is 2.82 bits per heavy atom. The van der Waals surface area contributed by atoms with Crippen molar-refractivity contribution in [3.8, 4) is 5.75 Å². The van der Waals surface area contributed by atoms with Crippen LogP contribution in [0.4, 0.5) is 0 Å². The van der Waals surface area contributed by atoms with Gasteiger partial charge >= 0.3 is 0 Å². The quantitative estimate of drug-likeness (QED) is 0.795. The molecule has 0 unspecified atom stereocenters. The van der Waals surface area contributed by atoms with Gasteiger partial charge in [0.15, 0.2) is 0 Å². The Hall–Kier alpha value is -1.09. The molecule has 0 radical (unpaired) electrons. The van der Waals surface area contributed by atoms with Crippen LogP contribution in [-0.4, -0.2) is 16.6 Å². The first-order chi connectivity index (χ1) is 8.15. The minimum atomic E-state index is 0.295. The normalized spacial score (nSPS) is 17.1. The van der Waals surface area contributed by atoms with Crippen LogP contribution in [0.15, 0.2) is 12.1 Å². The van der Waals surface area contributed by atoms with Gasteiger partial charge in [-0.25, -0.2) is 0 Å². The Morgan fingerprint density at radius 1 is 1.41 bits per heavy atom. The van der Waals surface area contributed by atoms with Crippen molar-refractivity contribution in [2.75, 3.05) is 6.54 Å². The summed E-state index contributed by atoms with van der Waals surface area (Å²) in [6.45, 7) is 5.91. The van der Waals surface area contributed by atoms with E-state index in [2.05, 4.69) is 17.2 Å². The second kappa shape index (κ2) is 5.05. The first kappa shape index (κ1) is 12.4. The molecule has 2 N–H and O–H groups in total. The molecule has 1 aromatic heterocycles. The molecule has 2 rings (SSSR count). The number of hydrogen-bond acceptors (Lipinski definition) is 3. The minimum absolute atomic E-state index is 0.295. The van der Waals surface area contributed by atoms with Crippen LogP contribution in [0.2, 0.25) is 0 Å². The van der Waals surface area contributed by atoms with Crippen LogP contribution in [0.25, 0.3) is 0 Å². The van der Waals surface area contributed by atoms with Crippen molar-refractivity contribution in [2.45, 2.75) is 46.1 Å². The summed E-state index contributed by atoms with van der Waals surface area (Å²) >= 11 is 0. The summed E-state index contributed by atoms with van der Waals surface area (Å²) < 4.78 is 0. The van der Waals surface area contributed by atoms with E-state index in [1.807, 2.05) is 13.0 Å². The Morgan fingerprint density at radius 2 is 2.18 bits per heavy atom. The van der Waals surface area contributed by atoms with E-state index >= 15 is 0 Å². The molecule has 1 aliphatic carbocycles. The molecule has 0 aromatic carbocycles. The van der Waals surface area contributed by atoms with E-state index in [1.165, 1.54) is 25.7 Å². The van der Waals surface area contributed by atoms with Crippen LogP contribution in [0.1, 0.15) is 44.0 Å². The number of rotatable bonds is 6. The van der Waals surface area contributed by atoms with Crippen molar-refractivity contribution in [3.63, 3.8) is 0 Å². The molecule has 3 heteroatoms. The number of aromatic nitrogens is 1. The monoisotopic (exact) mass is 234 g/mol. The third-order valence-electron chi connectivity index (χ3n) is 3.62. The minimum Gasteiger partial charge on any atom is -0.506 e. The van der Waals surface area contributed by atoms with Gasteiger partial charge in [-0.05, 0) is 43.7 Å². The number of aromatic hydroxyl groups is 1. The maximum Gasteiger partial charge on any atom is 0.138 e. The topological polar surface area (TPSA) is 45.2 Å². The van der Waals surface area contributed by atoms with E-state index in [0.29, 0.717) is 17.7 Å². The predicted octanol–water partition coefficient (Wildman–Crippen LogP) is 2.77. The highest BCUT2D eigenvalue weighted by atomic mass is 16.3. The molecule has 1 heterocycles. The number of aryl methyl sites for hydroxylation is 1. The summed E-state index contributed by atoms with van der Waals surface area (Å²) in [5.74, 6) is 0.295. The molecule has 0 saturated heterocycles. The highest BCUT2D eigenvalue weighted by molar-refractivity contribution is 5.27. The van der Waals surface area contributed by atoms with Crippen molar-refractivity contribution in [1.29, 1.82) is 0 Å². The van der Waals surface area contributed by atoms with Crippen LogP contribution in [0, 0.1) is 12.3 Å². The average molecular weight is 234 g/mol. The van der Waals surface area contributed by atoms with Crippen molar-refractivity contribution < 1.29 is 5.11 Å². The van der Waals surface area contributed by atoms with Crippen LogP contribution >= 0.6 is 0 Å². The summed E-state index contributed by atoms with van der Waals surface area (Å²) in [5.41, 5.74) is 2.26. The molecule has 1 fully saturated rings. The molecule has 0 atom stereocenters. The Balaban J connectivity index is 1.84. The Bertz CT molecular complexity index is 386. The van der Waals surface area contributed by atoms with Crippen molar-refractivity contribution in [3.05, 3.63) is 23.5 Å². The SMILES string of the molecule is CCCC1(CNCc2nc(C)ccc2O)CC1. The van der Waals surface area contributed by atoms with Crippen molar-refractivity contribution in [1.82, 2.24) is 10.3 Å². The molecule has 0 bridgehead atoms. The van der Waals surface area contributed by atoms with Crippen molar-refractivity contribution in [2.24, 2.45) is 5.41 Å². The molecule has 94 valence electrons. The fraction of sp³-hybridized carbons (Fsp3) is 0.643. The van der Waals surface area contributed by atoms with Crippen LogP contribution in [0.3, 0.4) is 0 Å². The molecule has 1 aromatic rings. The molecule has 1 saturated carbocycles. The van der Waals surface area contributed by atoms with E-state index in [1.54, 1.807) is 6.07 Å². The molecular formula is C14H22N2O. The number of pyridine rings is 1. The molecule has 17 heavy (non-hydrogen) atoms. The summed E-state index contributed by atoms with van der Waals surface area (Å²) in [7, 11) is 0. The van der Waals surface area contributed by atoms with E-state index in [-0.39, 0.29) is 0 Å². The number of hydrogen-bond donors (Lipinski definition) is 2. The van der Waals surface area contributed by atoms with Gasteiger partial charge < -0.3 is 10.4 Å². The lowest BCUT2D eigenvalue weighted by molar-refractivity contribution is 0.411. The summed E-state index contributed by atoms with van der Waals surface area (Å²) in [6, 6.07) is 3.55. The zero-order valence-corrected chi connectivity index (χ0v) is 10.8. The molecule has 3 nitrogen and oxygen atoms in total. The maximum absolute atomic E-state index is 9.68. The summed E-state index contributed by atoms with van der Waals surface area (Å²) in [4.78, 5) is 4.35. The van der Waals surface area contributed by atoms with Gasteiger partial charge in [-0.2, -0.15) is 0 Å². The van der Waals surface area contributed by atoms with Gasteiger partial charge in [0.2, 0.25) is 0 Å². The highest BCUT2D eigenvalue weighted by Gasteiger charge is 2.40. The summed E-state index contributed by atoms with van der Waals surface area (Å²) in [6.07, 6.45) is 5.27. The Labute approximate surface area is 103 Å². The van der Waals surface area contributed by atoms with Gasteiger partial charge in [0.05, 0.1) is 5.69 Å².